The summed E-state index contributed by atoms with van der Waals surface area (Å²) in [6.45, 7) is 0.653. The van der Waals surface area contributed by atoms with E-state index in [2.05, 4.69) is 10.6 Å². The lowest BCUT2D eigenvalue weighted by molar-refractivity contribution is -0.136. The first-order chi connectivity index (χ1) is 12.8. The highest BCUT2D eigenvalue weighted by Crippen LogP contribution is 2.31. The molecule has 0 aliphatic carbocycles. The van der Waals surface area contributed by atoms with Gasteiger partial charge in [-0.25, -0.2) is 8.42 Å². The van der Waals surface area contributed by atoms with Crippen LogP contribution in [0.5, 0.6) is 0 Å². The SMILES string of the molecule is CS(=O)(=O)N1CCCc2ccc(NC(=O)C(=O)NCc3ccccc3)cc21. The van der Waals surface area contributed by atoms with Gasteiger partial charge in [0.1, 0.15) is 0 Å². The largest absolute Gasteiger partial charge is 0.344 e. The summed E-state index contributed by atoms with van der Waals surface area (Å²) in [7, 11) is -3.40. The van der Waals surface area contributed by atoms with Crippen molar-refractivity contribution < 1.29 is 18.0 Å². The van der Waals surface area contributed by atoms with Crippen molar-refractivity contribution in [2.24, 2.45) is 0 Å². The zero-order valence-corrected chi connectivity index (χ0v) is 15.8. The van der Waals surface area contributed by atoms with Crippen LogP contribution in [0.2, 0.25) is 0 Å². The number of sulfonamides is 1. The van der Waals surface area contributed by atoms with Gasteiger partial charge in [0.25, 0.3) is 0 Å². The Kier molecular flexibility index (Phi) is 5.46. The van der Waals surface area contributed by atoms with Gasteiger partial charge >= 0.3 is 11.8 Å². The Hall–Kier alpha value is -2.87. The predicted molar refractivity (Wildman–Crippen MR) is 104 cm³/mol. The fraction of sp³-hybridized carbons (Fsp3) is 0.263. The second-order valence-electron chi connectivity index (χ2n) is 6.40. The van der Waals surface area contributed by atoms with E-state index >= 15 is 0 Å². The number of anilines is 2. The Balaban J connectivity index is 1.68. The monoisotopic (exact) mass is 387 g/mol. The quantitative estimate of drug-likeness (QED) is 0.780. The standard InChI is InChI=1S/C19H21N3O4S/c1-27(25,26)22-11-5-8-15-9-10-16(12-17(15)22)21-19(24)18(23)20-13-14-6-3-2-4-7-14/h2-4,6-7,9-10,12H,5,8,11,13H2,1H3,(H,20,23)(H,21,24). The number of aryl methyl sites for hydroxylation is 1. The van der Waals surface area contributed by atoms with Crippen molar-refractivity contribution in [1.82, 2.24) is 5.32 Å². The molecule has 1 heterocycles. The van der Waals surface area contributed by atoms with E-state index in [0.29, 0.717) is 17.9 Å². The normalized spacial score (nSPS) is 13.6. The van der Waals surface area contributed by atoms with E-state index < -0.39 is 21.8 Å². The first-order valence-electron chi connectivity index (χ1n) is 8.58. The van der Waals surface area contributed by atoms with Crippen LogP contribution in [0.4, 0.5) is 11.4 Å². The minimum absolute atomic E-state index is 0.249. The molecule has 8 heteroatoms. The molecular weight excluding hydrogens is 366 g/mol. The molecule has 27 heavy (non-hydrogen) atoms. The van der Waals surface area contributed by atoms with Crippen molar-refractivity contribution in [3.63, 3.8) is 0 Å². The molecule has 0 saturated heterocycles. The zero-order valence-electron chi connectivity index (χ0n) is 14.9. The van der Waals surface area contributed by atoms with Gasteiger partial charge < -0.3 is 10.6 Å². The highest BCUT2D eigenvalue weighted by molar-refractivity contribution is 7.92. The number of benzene rings is 2. The van der Waals surface area contributed by atoms with Gasteiger partial charge in [0.2, 0.25) is 10.0 Å². The van der Waals surface area contributed by atoms with Crippen LogP contribution in [0, 0.1) is 0 Å². The predicted octanol–water partition coefficient (Wildman–Crippen LogP) is 1.65. The van der Waals surface area contributed by atoms with Crippen LogP contribution in [0.25, 0.3) is 0 Å². The first kappa shape index (κ1) is 18.9. The minimum atomic E-state index is -3.40. The molecule has 0 radical (unpaired) electrons. The van der Waals surface area contributed by atoms with Crippen molar-refractivity contribution in [2.75, 3.05) is 22.4 Å². The fourth-order valence-corrected chi connectivity index (χ4v) is 4.00. The van der Waals surface area contributed by atoms with Gasteiger partial charge in [-0.15, -0.1) is 0 Å². The Labute approximate surface area is 158 Å². The van der Waals surface area contributed by atoms with Crippen molar-refractivity contribution in [3.8, 4) is 0 Å². The van der Waals surface area contributed by atoms with E-state index in [-0.39, 0.29) is 6.54 Å². The van der Waals surface area contributed by atoms with Crippen LogP contribution < -0.4 is 14.9 Å². The highest BCUT2D eigenvalue weighted by Gasteiger charge is 2.24. The summed E-state index contributed by atoms with van der Waals surface area (Å²) in [6.07, 6.45) is 2.67. The summed E-state index contributed by atoms with van der Waals surface area (Å²) in [5, 5.41) is 5.08. The lowest BCUT2D eigenvalue weighted by atomic mass is 10.0. The Bertz CT molecular complexity index is 958. The molecule has 0 saturated carbocycles. The lowest BCUT2D eigenvalue weighted by Gasteiger charge is -2.29. The molecule has 0 atom stereocenters. The molecule has 0 spiro atoms. The minimum Gasteiger partial charge on any atom is -0.344 e. The number of rotatable bonds is 4. The van der Waals surface area contributed by atoms with Crippen LogP contribution in [0.15, 0.2) is 48.5 Å². The molecule has 2 amide bonds. The summed E-state index contributed by atoms with van der Waals surface area (Å²) < 4.78 is 25.3. The Morgan fingerprint density at radius 2 is 1.81 bits per heavy atom. The number of fused-ring (bicyclic) bond motifs is 1. The van der Waals surface area contributed by atoms with Gasteiger partial charge in [-0.3, -0.25) is 13.9 Å². The Morgan fingerprint density at radius 1 is 1.07 bits per heavy atom. The topological polar surface area (TPSA) is 95.6 Å². The van der Waals surface area contributed by atoms with E-state index in [4.69, 9.17) is 0 Å². The third-order valence-electron chi connectivity index (χ3n) is 4.32. The first-order valence-corrected chi connectivity index (χ1v) is 10.4. The number of carbonyl (C=O) groups is 2. The molecule has 0 aromatic heterocycles. The average molecular weight is 387 g/mol. The molecular formula is C19H21N3O4S. The van der Waals surface area contributed by atoms with E-state index in [1.54, 1.807) is 18.2 Å². The van der Waals surface area contributed by atoms with Gasteiger partial charge in [-0.1, -0.05) is 36.4 Å². The third kappa shape index (κ3) is 4.65. The summed E-state index contributed by atoms with van der Waals surface area (Å²) in [4.78, 5) is 24.1. The van der Waals surface area contributed by atoms with Crippen molar-refractivity contribution >= 4 is 33.2 Å². The van der Waals surface area contributed by atoms with Crippen LogP contribution in [-0.2, 0) is 32.6 Å². The molecule has 1 aliphatic rings. The van der Waals surface area contributed by atoms with Crippen LogP contribution in [0.1, 0.15) is 17.5 Å². The second kappa shape index (κ2) is 7.79. The van der Waals surface area contributed by atoms with Gasteiger partial charge in [-0.05, 0) is 36.1 Å². The third-order valence-corrected chi connectivity index (χ3v) is 5.50. The number of hydrogen-bond donors (Lipinski definition) is 2. The smallest absolute Gasteiger partial charge is 0.313 e. The molecule has 2 N–H and O–H groups in total. The number of carbonyl (C=O) groups excluding carboxylic acids is 2. The van der Waals surface area contributed by atoms with Gasteiger partial charge in [0.05, 0.1) is 11.9 Å². The molecule has 2 aromatic rings. The van der Waals surface area contributed by atoms with Gasteiger partial charge in [0.15, 0.2) is 0 Å². The maximum absolute atomic E-state index is 12.1. The summed E-state index contributed by atoms with van der Waals surface area (Å²) in [5.41, 5.74) is 2.71. The maximum Gasteiger partial charge on any atom is 0.313 e. The molecule has 3 rings (SSSR count). The molecule has 7 nitrogen and oxygen atoms in total. The van der Waals surface area contributed by atoms with E-state index in [1.165, 1.54) is 4.31 Å². The summed E-state index contributed by atoms with van der Waals surface area (Å²) in [5.74, 6) is -1.55. The lowest BCUT2D eigenvalue weighted by Crippen LogP contribution is -2.36. The number of amides is 2. The Morgan fingerprint density at radius 3 is 2.52 bits per heavy atom. The van der Waals surface area contributed by atoms with E-state index in [0.717, 1.165) is 30.2 Å². The van der Waals surface area contributed by atoms with Gasteiger partial charge in [-0.2, -0.15) is 0 Å². The number of nitrogens with one attached hydrogen (secondary N) is 2. The van der Waals surface area contributed by atoms with Crippen molar-refractivity contribution in [3.05, 3.63) is 59.7 Å². The highest BCUT2D eigenvalue weighted by atomic mass is 32.2. The number of hydrogen-bond acceptors (Lipinski definition) is 4. The van der Waals surface area contributed by atoms with E-state index in [1.807, 2.05) is 30.3 Å². The van der Waals surface area contributed by atoms with Crippen LogP contribution in [-0.4, -0.2) is 33.0 Å². The molecule has 0 unspecified atom stereocenters. The molecule has 0 fully saturated rings. The average Bonchev–Trinajstić information content (AvgIpc) is 2.65. The zero-order chi connectivity index (χ0) is 19.4. The second-order valence-corrected chi connectivity index (χ2v) is 8.31. The van der Waals surface area contributed by atoms with Gasteiger partial charge in [0, 0.05) is 18.8 Å². The summed E-state index contributed by atoms with van der Waals surface area (Å²) >= 11 is 0. The fourth-order valence-electron chi connectivity index (χ4n) is 3.01. The summed E-state index contributed by atoms with van der Waals surface area (Å²) in [6, 6.07) is 14.3. The molecule has 0 bridgehead atoms. The van der Waals surface area contributed by atoms with Crippen LogP contribution in [0.3, 0.4) is 0 Å². The van der Waals surface area contributed by atoms with Crippen molar-refractivity contribution in [1.29, 1.82) is 0 Å². The number of nitrogens with zero attached hydrogens (tertiary/aromatic N) is 1. The molecule has 142 valence electrons. The van der Waals surface area contributed by atoms with Crippen LogP contribution >= 0.6 is 0 Å². The van der Waals surface area contributed by atoms with E-state index in [9.17, 15) is 18.0 Å². The molecule has 2 aromatic carbocycles. The molecule has 1 aliphatic heterocycles. The van der Waals surface area contributed by atoms with Crippen molar-refractivity contribution in [2.45, 2.75) is 19.4 Å². The maximum atomic E-state index is 12.1.